The molecule has 0 radical (unpaired) electrons. The Hall–Kier alpha value is -0.610. The van der Waals surface area contributed by atoms with Crippen molar-refractivity contribution < 1.29 is 9.47 Å². The molecule has 0 aromatic heterocycles. The van der Waals surface area contributed by atoms with E-state index in [0.29, 0.717) is 12.7 Å². The smallest absolute Gasteiger partial charge is 0.0809 e. The molecule has 22 heavy (non-hydrogen) atoms. The average Bonchev–Trinajstić information content (AvgIpc) is 3.06. The second-order valence-electron chi connectivity index (χ2n) is 5.93. The maximum Gasteiger partial charge on any atom is 0.0809 e. The highest BCUT2D eigenvalue weighted by molar-refractivity contribution is 6.30. The summed E-state index contributed by atoms with van der Waals surface area (Å²) in [5, 5.41) is 4.47. The van der Waals surface area contributed by atoms with E-state index < -0.39 is 0 Å². The van der Waals surface area contributed by atoms with Gasteiger partial charge in [0, 0.05) is 23.7 Å². The predicted molar refractivity (Wildman–Crippen MR) is 91.5 cm³/mol. The van der Waals surface area contributed by atoms with Gasteiger partial charge in [-0.2, -0.15) is 0 Å². The third kappa shape index (κ3) is 4.69. The normalized spacial score (nSPS) is 18.8. The fourth-order valence-electron chi connectivity index (χ4n) is 3.13. The first-order valence-electron chi connectivity index (χ1n) is 8.40. The van der Waals surface area contributed by atoms with Crippen LogP contribution in [0.5, 0.6) is 0 Å². The van der Waals surface area contributed by atoms with Crippen LogP contribution in [0.15, 0.2) is 24.3 Å². The predicted octanol–water partition coefficient (Wildman–Crippen LogP) is 4.14. The summed E-state index contributed by atoms with van der Waals surface area (Å²) < 4.78 is 11.3. The van der Waals surface area contributed by atoms with Crippen LogP contribution >= 0.6 is 11.6 Å². The van der Waals surface area contributed by atoms with Gasteiger partial charge in [-0.15, -0.1) is 0 Å². The Morgan fingerprint density at radius 3 is 2.59 bits per heavy atom. The zero-order valence-electron chi connectivity index (χ0n) is 13.7. The fourth-order valence-corrected chi connectivity index (χ4v) is 3.26. The van der Waals surface area contributed by atoms with Crippen LogP contribution in [0.1, 0.15) is 45.1 Å². The number of benzene rings is 1. The molecule has 0 saturated carbocycles. The number of hydrogen-bond donors (Lipinski definition) is 1. The van der Waals surface area contributed by atoms with E-state index in [1.807, 2.05) is 12.1 Å². The van der Waals surface area contributed by atoms with Crippen LogP contribution in [0.4, 0.5) is 0 Å². The van der Waals surface area contributed by atoms with E-state index in [1.165, 1.54) is 5.56 Å². The summed E-state index contributed by atoms with van der Waals surface area (Å²) in [6.45, 7) is 7.61. The van der Waals surface area contributed by atoms with E-state index >= 15 is 0 Å². The summed E-state index contributed by atoms with van der Waals surface area (Å²) >= 11 is 6.00. The van der Waals surface area contributed by atoms with Crippen LogP contribution in [0.3, 0.4) is 0 Å². The summed E-state index contributed by atoms with van der Waals surface area (Å²) in [6.07, 6.45) is 4.68. The molecule has 1 unspecified atom stereocenters. The minimum absolute atomic E-state index is 0.00218. The molecule has 1 saturated heterocycles. The topological polar surface area (TPSA) is 30.5 Å². The Labute approximate surface area is 139 Å². The second kappa shape index (κ2) is 8.88. The first-order valence-corrected chi connectivity index (χ1v) is 8.78. The Morgan fingerprint density at radius 2 is 2.00 bits per heavy atom. The number of hydrogen-bond acceptors (Lipinski definition) is 3. The minimum atomic E-state index is -0.00218. The first-order chi connectivity index (χ1) is 10.7. The highest BCUT2D eigenvalue weighted by atomic mass is 35.5. The third-order valence-electron chi connectivity index (χ3n) is 4.64. The van der Waals surface area contributed by atoms with Crippen LogP contribution in [-0.2, 0) is 15.0 Å². The van der Waals surface area contributed by atoms with Crippen molar-refractivity contribution in [1.82, 2.24) is 5.32 Å². The highest BCUT2D eigenvalue weighted by Crippen LogP contribution is 2.29. The molecule has 0 aliphatic carbocycles. The van der Waals surface area contributed by atoms with Crippen molar-refractivity contribution in [2.24, 2.45) is 0 Å². The van der Waals surface area contributed by atoms with Crippen molar-refractivity contribution in [3.63, 3.8) is 0 Å². The molecule has 1 heterocycles. The molecule has 3 nitrogen and oxygen atoms in total. The number of nitrogens with one attached hydrogen (secondary N) is 1. The number of halogens is 1. The van der Waals surface area contributed by atoms with Gasteiger partial charge in [0.1, 0.15) is 0 Å². The van der Waals surface area contributed by atoms with Crippen LogP contribution in [-0.4, -0.2) is 32.5 Å². The maximum absolute atomic E-state index is 6.00. The fraction of sp³-hybridized carbons (Fsp3) is 0.667. The Morgan fingerprint density at radius 1 is 1.27 bits per heavy atom. The van der Waals surface area contributed by atoms with Gasteiger partial charge in [-0.3, -0.25) is 0 Å². The van der Waals surface area contributed by atoms with Gasteiger partial charge in [0.2, 0.25) is 0 Å². The molecule has 0 spiro atoms. The lowest BCUT2D eigenvalue weighted by molar-refractivity contribution is 0.0165. The molecule has 4 heteroatoms. The lowest BCUT2D eigenvalue weighted by atomic mass is 9.84. The van der Waals surface area contributed by atoms with E-state index in [-0.39, 0.29) is 5.54 Å². The zero-order valence-corrected chi connectivity index (χ0v) is 14.5. The van der Waals surface area contributed by atoms with Gasteiger partial charge in [-0.05, 0) is 43.4 Å². The molecule has 124 valence electrons. The van der Waals surface area contributed by atoms with Crippen molar-refractivity contribution >= 4 is 11.6 Å². The molecule has 1 fully saturated rings. The summed E-state index contributed by atoms with van der Waals surface area (Å²) in [4.78, 5) is 0. The van der Waals surface area contributed by atoms with Gasteiger partial charge in [0.05, 0.1) is 19.3 Å². The molecular formula is C18H28ClNO2. The molecular weight excluding hydrogens is 298 g/mol. The van der Waals surface area contributed by atoms with Crippen LogP contribution in [0.2, 0.25) is 5.02 Å². The largest absolute Gasteiger partial charge is 0.377 e. The molecule has 0 bridgehead atoms. The maximum atomic E-state index is 6.00. The van der Waals surface area contributed by atoms with E-state index in [2.05, 4.69) is 31.3 Å². The highest BCUT2D eigenvalue weighted by Gasteiger charge is 2.27. The summed E-state index contributed by atoms with van der Waals surface area (Å²) in [6, 6.07) is 8.17. The summed E-state index contributed by atoms with van der Waals surface area (Å²) in [5.74, 6) is 0. The zero-order chi connectivity index (χ0) is 15.8. The van der Waals surface area contributed by atoms with Crippen molar-refractivity contribution in [2.75, 3.05) is 26.4 Å². The van der Waals surface area contributed by atoms with Gasteiger partial charge in [0.15, 0.2) is 0 Å². The van der Waals surface area contributed by atoms with Crippen LogP contribution in [0.25, 0.3) is 0 Å². The summed E-state index contributed by atoms with van der Waals surface area (Å²) in [7, 11) is 0. The number of rotatable bonds is 9. The molecule has 1 aromatic rings. The lowest BCUT2D eigenvalue weighted by Gasteiger charge is -2.34. The molecule has 1 N–H and O–H groups in total. The molecule has 1 aromatic carbocycles. The second-order valence-corrected chi connectivity index (χ2v) is 6.37. The van der Waals surface area contributed by atoms with Gasteiger partial charge in [0.25, 0.3) is 0 Å². The lowest BCUT2D eigenvalue weighted by Crippen LogP contribution is -2.43. The van der Waals surface area contributed by atoms with E-state index in [0.717, 1.165) is 50.5 Å². The van der Waals surface area contributed by atoms with E-state index in [9.17, 15) is 0 Å². The third-order valence-corrected chi connectivity index (χ3v) is 4.89. The Bertz CT molecular complexity index is 425. The van der Waals surface area contributed by atoms with Crippen molar-refractivity contribution in [3.8, 4) is 0 Å². The van der Waals surface area contributed by atoms with Crippen LogP contribution < -0.4 is 5.32 Å². The van der Waals surface area contributed by atoms with Crippen molar-refractivity contribution in [2.45, 2.75) is 51.2 Å². The van der Waals surface area contributed by atoms with Gasteiger partial charge in [-0.1, -0.05) is 37.6 Å². The molecule has 2 rings (SSSR count). The number of ether oxygens (including phenoxy) is 2. The molecule has 0 amide bonds. The minimum Gasteiger partial charge on any atom is -0.377 e. The van der Waals surface area contributed by atoms with Crippen molar-refractivity contribution in [3.05, 3.63) is 34.9 Å². The molecule has 1 atom stereocenters. The van der Waals surface area contributed by atoms with Gasteiger partial charge >= 0.3 is 0 Å². The summed E-state index contributed by atoms with van der Waals surface area (Å²) in [5.41, 5.74) is 1.29. The Balaban J connectivity index is 1.81. The standard InChI is InChI=1S/C18H28ClNO2/c1-3-18(4-2,15-7-9-16(19)10-8-15)20-11-13-21-14-17-6-5-12-22-17/h7-10,17,20H,3-6,11-14H2,1-2H3. The quantitative estimate of drug-likeness (QED) is 0.692. The monoisotopic (exact) mass is 325 g/mol. The van der Waals surface area contributed by atoms with Crippen molar-refractivity contribution in [1.29, 1.82) is 0 Å². The van der Waals surface area contributed by atoms with Gasteiger partial charge in [-0.25, -0.2) is 0 Å². The van der Waals surface area contributed by atoms with E-state index in [4.69, 9.17) is 21.1 Å². The SMILES string of the molecule is CCC(CC)(NCCOCC1CCCO1)c1ccc(Cl)cc1. The van der Waals surface area contributed by atoms with E-state index in [1.54, 1.807) is 0 Å². The Kier molecular flexibility index (Phi) is 7.16. The van der Waals surface area contributed by atoms with Gasteiger partial charge < -0.3 is 14.8 Å². The molecule has 1 aliphatic heterocycles. The van der Waals surface area contributed by atoms with Crippen LogP contribution in [0, 0.1) is 0 Å². The average molecular weight is 326 g/mol. The first kappa shape index (κ1) is 17.7. The molecule has 1 aliphatic rings.